The first-order chi connectivity index (χ1) is 14.0. The van der Waals surface area contributed by atoms with E-state index in [0.717, 1.165) is 42.6 Å². The van der Waals surface area contributed by atoms with E-state index in [2.05, 4.69) is 41.7 Å². The molecular weight excluding hydrogens is 378 g/mol. The highest BCUT2D eigenvalue weighted by atomic mass is 16.5. The fourth-order valence-corrected chi connectivity index (χ4v) is 3.00. The second-order valence-electron chi connectivity index (χ2n) is 9.18. The third kappa shape index (κ3) is 9.55. The van der Waals surface area contributed by atoms with Crippen molar-refractivity contribution < 1.29 is 23.3 Å². The molecule has 0 unspecified atom stereocenters. The van der Waals surface area contributed by atoms with Gasteiger partial charge in [0.15, 0.2) is 0 Å². The number of likely N-dealkylation sites (N-methyl/N-ethyl adjacent to an activating group) is 1. The molecule has 168 valence electrons. The van der Waals surface area contributed by atoms with Gasteiger partial charge >= 0.3 is 5.97 Å². The van der Waals surface area contributed by atoms with Crippen LogP contribution in [0.3, 0.4) is 0 Å². The van der Waals surface area contributed by atoms with Gasteiger partial charge in [-0.1, -0.05) is 24.8 Å². The molecule has 1 aromatic carbocycles. The number of carbonyl (C=O) groups is 2. The molecule has 0 atom stereocenters. The van der Waals surface area contributed by atoms with Crippen molar-refractivity contribution in [2.24, 2.45) is 0 Å². The zero-order valence-electron chi connectivity index (χ0n) is 19.8. The monoisotopic (exact) mass is 419 g/mol. The van der Waals surface area contributed by atoms with E-state index < -0.39 is 0 Å². The van der Waals surface area contributed by atoms with Gasteiger partial charge in [0.05, 0.1) is 59.9 Å². The molecule has 0 aromatic heterocycles. The van der Waals surface area contributed by atoms with Crippen molar-refractivity contribution in [3.05, 3.63) is 42.0 Å². The number of quaternary nitrogens is 2. The number of benzene rings is 1. The van der Waals surface area contributed by atoms with Crippen molar-refractivity contribution in [1.29, 1.82) is 0 Å². The van der Waals surface area contributed by atoms with Gasteiger partial charge < -0.3 is 18.6 Å². The normalized spacial score (nSPS) is 11.8. The highest BCUT2D eigenvalue weighted by molar-refractivity contribution is 5.89. The van der Waals surface area contributed by atoms with E-state index in [0.29, 0.717) is 29.7 Å². The third-order valence-electron chi connectivity index (χ3n) is 5.78. The molecule has 30 heavy (non-hydrogen) atoms. The Morgan fingerprint density at radius 1 is 1.00 bits per heavy atom. The smallest absolute Gasteiger partial charge is 0.338 e. The van der Waals surface area contributed by atoms with E-state index in [1.54, 1.807) is 25.1 Å². The molecule has 0 aliphatic carbocycles. The minimum Gasteiger partial charge on any atom is -0.456 e. The molecule has 0 aliphatic rings. The third-order valence-corrected chi connectivity index (χ3v) is 5.78. The van der Waals surface area contributed by atoms with E-state index >= 15 is 0 Å². The highest BCUT2D eigenvalue weighted by Gasteiger charge is 2.20. The number of carbonyl (C=O) groups excluding carboxylic acids is 2. The maximum Gasteiger partial charge on any atom is 0.338 e. The fraction of sp³-hybridized carbons (Fsp3) is 0.583. The second-order valence-corrected chi connectivity index (χ2v) is 9.18. The van der Waals surface area contributed by atoms with Crippen molar-refractivity contribution in [2.45, 2.75) is 20.3 Å². The molecule has 1 rings (SSSR count). The Hall–Kier alpha value is -2.18. The molecule has 0 saturated carbocycles. The SMILES string of the molecule is C=Cc1ccc(C(=O)OCC[N+](C)(C)CCN(CCC[N+](C)(C)CC)C(C)=O)cc1. The lowest BCUT2D eigenvalue weighted by Gasteiger charge is -2.33. The minimum absolute atomic E-state index is 0.117. The van der Waals surface area contributed by atoms with E-state index in [-0.39, 0.29) is 11.9 Å². The summed E-state index contributed by atoms with van der Waals surface area (Å²) in [7, 11) is 8.63. The molecule has 0 radical (unpaired) electrons. The molecule has 0 saturated heterocycles. The van der Waals surface area contributed by atoms with Gasteiger partial charge in [0.2, 0.25) is 5.91 Å². The van der Waals surface area contributed by atoms with Crippen LogP contribution in [0, 0.1) is 0 Å². The van der Waals surface area contributed by atoms with Crippen LogP contribution in [0.5, 0.6) is 0 Å². The van der Waals surface area contributed by atoms with Crippen LogP contribution in [-0.4, -0.2) is 99.8 Å². The Labute approximate surface area is 182 Å². The number of amides is 1. The molecule has 1 amide bonds. The average molecular weight is 420 g/mol. The summed E-state index contributed by atoms with van der Waals surface area (Å²) in [6.45, 7) is 13.0. The van der Waals surface area contributed by atoms with Crippen LogP contribution in [-0.2, 0) is 9.53 Å². The Morgan fingerprint density at radius 3 is 2.17 bits per heavy atom. The van der Waals surface area contributed by atoms with Gasteiger partial charge in [-0.2, -0.15) is 0 Å². The largest absolute Gasteiger partial charge is 0.456 e. The summed E-state index contributed by atoms with van der Waals surface area (Å²) in [5.41, 5.74) is 1.51. The summed E-state index contributed by atoms with van der Waals surface area (Å²) in [4.78, 5) is 26.2. The first kappa shape index (κ1) is 25.9. The Kier molecular flexibility index (Phi) is 10.2. The molecule has 0 aliphatic heterocycles. The number of rotatable bonds is 13. The number of hydrogen-bond donors (Lipinski definition) is 0. The van der Waals surface area contributed by atoms with Crippen molar-refractivity contribution >= 4 is 18.0 Å². The molecule has 0 spiro atoms. The molecule has 0 fully saturated rings. The van der Waals surface area contributed by atoms with Crippen molar-refractivity contribution in [1.82, 2.24) is 4.90 Å². The molecule has 0 heterocycles. The van der Waals surface area contributed by atoms with Crippen molar-refractivity contribution in [3.63, 3.8) is 0 Å². The van der Waals surface area contributed by atoms with E-state index in [9.17, 15) is 9.59 Å². The molecule has 0 N–H and O–H groups in total. The highest BCUT2D eigenvalue weighted by Crippen LogP contribution is 2.08. The molecule has 6 nitrogen and oxygen atoms in total. The van der Waals surface area contributed by atoms with Gasteiger partial charge in [0, 0.05) is 19.9 Å². The van der Waals surface area contributed by atoms with Crippen LogP contribution in [0.15, 0.2) is 30.8 Å². The van der Waals surface area contributed by atoms with E-state index in [1.807, 2.05) is 17.0 Å². The lowest BCUT2D eigenvalue weighted by molar-refractivity contribution is -0.890. The first-order valence-electron chi connectivity index (χ1n) is 10.8. The summed E-state index contributed by atoms with van der Waals surface area (Å²) in [5.74, 6) is -0.196. The van der Waals surface area contributed by atoms with Gasteiger partial charge in [0.25, 0.3) is 0 Å². The van der Waals surface area contributed by atoms with Gasteiger partial charge in [-0.3, -0.25) is 4.79 Å². The summed E-state index contributed by atoms with van der Waals surface area (Å²) in [6, 6.07) is 7.20. The van der Waals surface area contributed by atoms with Gasteiger partial charge in [-0.25, -0.2) is 4.79 Å². The molecule has 1 aromatic rings. The van der Waals surface area contributed by atoms with Crippen LogP contribution in [0.4, 0.5) is 0 Å². The fourth-order valence-electron chi connectivity index (χ4n) is 3.00. The number of nitrogens with zero attached hydrogens (tertiary/aromatic N) is 3. The maximum absolute atomic E-state index is 12.2. The minimum atomic E-state index is -0.312. The molecule has 6 heteroatoms. The average Bonchev–Trinajstić information content (AvgIpc) is 2.70. The quantitative estimate of drug-likeness (QED) is 0.365. The predicted molar refractivity (Wildman–Crippen MR) is 123 cm³/mol. The van der Waals surface area contributed by atoms with Gasteiger partial charge in [0.1, 0.15) is 13.2 Å². The van der Waals surface area contributed by atoms with Crippen molar-refractivity contribution in [3.8, 4) is 0 Å². The Balaban J connectivity index is 2.43. The van der Waals surface area contributed by atoms with Gasteiger partial charge in [-0.05, 0) is 24.6 Å². The molecular formula is C24H41N3O3+2. The Bertz CT molecular complexity index is 696. The summed E-state index contributed by atoms with van der Waals surface area (Å²) >= 11 is 0. The number of ether oxygens (including phenoxy) is 1. The van der Waals surface area contributed by atoms with Crippen LogP contribution < -0.4 is 0 Å². The van der Waals surface area contributed by atoms with Crippen molar-refractivity contribution in [2.75, 3.05) is 74.1 Å². The predicted octanol–water partition coefficient (Wildman–Crippen LogP) is 2.90. The number of hydrogen-bond acceptors (Lipinski definition) is 3. The second kappa shape index (κ2) is 11.9. The van der Waals surface area contributed by atoms with Crippen LogP contribution in [0.25, 0.3) is 6.08 Å². The standard InChI is InChI=1S/C24H41N3O3/c1-8-22-11-13-23(14-12-22)24(29)30-20-19-27(6,7)18-16-25(21(3)28)15-10-17-26(4,5)9-2/h8,11-14H,1,9-10,15-20H2,2-7H3/q+2. The zero-order valence-corrected chi connectivity index (χ0v) is 19.8. The van der Waals surface area contributed by atoms with E-state index in [4.69, 9.17) is 4.74 Å². The van der Waals surface area contributed by atoms with Crippen LogP contribution in [0.1, 0.15) is 36.2 Å². The van der Waals surface area contributed by atoms with E-state index in [1.165, 1.54) is 0 Å². The van der Waals surface area contributed by atoms with Crippen LogP contribution >= 0.6 is 0 Å². The lowest BCUT2D eigenvalue weighted by Crippen LogP contribution is -2.49. The summed E-state index contributed by atoms with van der Waals surface area (Å²) in [6.07, 6.45) is 2.74. The number of esters is 1. The molecule has 0 bridgehead atoms. The van der Waals surface area contributed by atoms with Gasteiger partial charge in [-0.15, -0.1) is 0 Å². The first-order valence-corrected chi connectivity index (χ1v) is 10.8. The zero-order chi connectivity index (χ0) is 22.8. The summed E-state index contributed by atoms with van der Waals surface area (Å²) < 4.78 is 7.09. The summed E-state index contributed by atoms with van der Waals surface area (Å²) in [5, 5.41) is 0. The maximum atomic E-state index is 12.2. The topological polar surface area (TPSA) is 46.6 Å². The Morgan fingerprint density at radius 2 is 1.63 bits per heavy atom. The van der Waals surface area contributed by atoms with Crippen LogP contribution in [0.2, 0.25) is 0 Å². The lowest BCUT2D eigenvalue weighted by atomic mass is 10.1.